The highest BCUT2D eigenvalue weighted by Crippen LogP contribution is 2.35. The second kappa shape index (κ2) is 10.7. The normalized spacial score (nSPS) is 14.6. The summed E-state index contributed by atoms with van der Waals surface area (Å²) in [7, 11) is 0. The topological polar surface area (TPSA) is 61.6 Å². The van der Waals surface area contributed by atoms with Crippen molar-refractivity contribution in [2.24, 2.45) is 11.7 Å². The van der Waals surface area contributed by atoms with Crippen LogP contribution in [-0.2, 0) is 9.53 Å². The molecule has 5 heteroatoms. The molecule has 3 unspecified atom stereocenters. The van der Waals surface area contributed by atoms with Crippen LogP contribution < -0.4 is 10.5 Å². The third kappa shape index (κ3) is 6.52. The van der Waals surface area contributed by atoms with Crippen LogP contribution >= 0.6 is 12.4 Å². The third-order valence-corrected chi connectivity index (χ3v) is 4.42. The van der Waals surface area contributed by atoms with Crippen molar-refractivity contribution in [2.45, 2.75) is 79.1 Å². The van der Waals surface area contributed by atoms with Crippen molar-refractivity contribution in [3.05, 3.63) is 29.3 Å². The van der Waals surface area contributed by atoms with E-state index in [-0.39, 0.29) is 18.3 Å². The standard InChI is InChI=1S/C20H33NO3.ClH/c1-8-14(6)18(21)20(22)24-15(7)23-19-16(12(2)3)10-9-11-17(19)13(4)5;/h9-15,18H,8,21H2,1-7H3;1H. The maximum absolute atomic E-state index is 12.2. The molecule has 144 valence electrons. The third-order valence-electron chi connectivity index (χ3n) is 4.42. The Morgan fingerprint density at radius 3 is 1.92 bits per heavy atom. The lowest BCUT2D eigenvalue weighted by Crippen LogP contribution is -2.40. The summed E-state index contributed by atoms with van der Waals surface area (Å²) in [6.07, 6.45) is 0.157. The number of nitrogens with two attached hydrogens (primary N) is 1. The fourth-order valence-corrected chi connectivity index (χ4v) is 2.54. The largest absolute Gasteiger partial charge is 0.454 e. The first-order chi connectivity index (χ1) is 11.2. The van der Waals surface area contributed by atoms with Gasteiger partial charge in [-0.1, -0.05) is 66.2 Å². The maximum atomic E-state index is 12.2. The van der Waals surface area contributed by atoms with Gasteiger partial charge in [-0.15, -0.1) is 12.4 Å². The zero-order chi connectivity index (χ0) is 18.4. The van der Waals surface area contributed by atoms with E-state index in [9.17, 15) is 4.79 Å². The number of para-hydroxylation sites is 1. The molecule has 0 spiro atoms. The molecule has 25 heavy (non-hydrogen) atoms. The predicted molar refractivity (Wildman–Crippen MR) is 105 cm³/mol. The van der Waals surface area contributed by atoms with Gasteiger partial charge in [0.15, 0.2) is 0 Å². The number of carbonyl (C=O) groups excluding carboxylic acids is 1. The molecule has 1 aromatic carbocycles. The van der Waals surface area contributed by atoms with Crippen LogP contribution in [0.15, 0.2) is 18.2 Å². The van der Waals surface area contributed by atoms with Crippen LogP contribution in [0.2, 0.25) is 0 Å². The van der Waals surface area contributed by atoms with Gasteiger partial charge in [0, 0.05) is 6.92 Å². The first-order valence-corrected chi connectivity index (χ1v) is 8.94. The maximum Gasteiger partial charge on any atom is 0.326 e. The monoisotopic (exact) mass is 371 g/mol. The molecule has 0 saturated heterocycles. The predicted octanol–water partition coefficient (Wildman–Crippen LogP) is 5.00. The van der Waals surface area contributed by atoms with Crippen molar-refractivity contribution < 1.29 is 14.3 Å². The molecule has 1 aromatic rings. The molecule has 1 rings (SSSR count). The lowest BCUT2D eigenvalue weighted by atomic mass is 9.94. The molecule has 0 aliphatic rings. The molecule has 0 heterocycles. The second-order valence-corrected chi connectivity index (χ2v) is 7.11. The number of halogens is 1. The number of rotatable bonds is 8. The Morgan fingerprint density at radius 1 is 1.04 bits per heavy atom. The number of hydrogen-bond acceptors (Lipinski definition) is 4. The highest BCUT2D eigenvalue weighted by atomic mass is 35.5. The summed E-state index contributed by atoms with van der Waals surface area (Å²) in [5, 5.41) is 0. The van der Waals surface area contributed by atoms with Gasteiger partial charge in [0.25, 0.3) is 0 Å². The summed E-state index contributed by atoms with van der Waals surface area (Å²) in [4.78, 5) is 12.2. The van der Waals surface area contributed by atoms with Gasteiger partial charge in [0.05, 0.1) is 0 Å². The molecule has 0 aliphatic heterocycles. The van der Waals surface area contributed by atoms with Gasteiger partial charge in [0.1, 0.15) is 11.8 Å². The molecular formula is C20H34ClNO3. The van der Waals surface area contributed by atoms with E-state index in [4.69, 9.17) is 15.2 Å². The number of benzene rings is 1. The van der Waals surface area contributed by atoms with Gasteiger partial charge in [-0.05, 0) is 28.9 Å². The highest BCUT2D eigenvalue weighted by Gasteiger charge is 2.24. The minimum atomic E-state index is -0.676. The summed E-state index contributed by atoms with van der Waals surface area (Å²) in [6, 6.07) is 5.55. The Kier molecular flexibility index (Phi) is 10.1. The van der Waals surface area contributed by atoms with Crippen molar-refractivity contribution in [1.29, 1.82) is 0 Å². The van der Waals surface area contributed by atoms with Crippen molar-refractivity contribution in [3.8, 4) is 5.75 Å². The van der Waals surface area contributed by atoms with Crippen molar-refractivity contribution in [3.63, 3.8) is 0 Å². The quantitative estimate of drug-likeness (QED) is 0.516. The molecule has 4 nitrogen and oxygen atoms in total. The van der Waals surface area contributed by atoms with Gasteiger partial charge in [-0.3, -0.25) is 4.79 Å². The minimum absolute atomic E-state index is 0. The molecule has 0 bridgehead atoms. The summed E-state index contributed by atoms with van der Waals surface area (Å²) in [5.74, 6) is 1.14. The van der Waals surface area contributed by atoms with Gasteiger partial charge < -0.3 is 15.2 Å². The number of esters is 1. The van der Waals surface area contributed by atoms with Gasteiger partial charge in [-0.2, -0.15) is 0 Å². The fraction of sp³-hybridized carbons (Fsp3) is 0.650. The Morgan fingerprint density at radius 2 is 1.52 bits per heavy atom. The Labute approximate surface area is 158 Å². The van der Waals surface area contributed by atoms with Crippen LogP contribution in [0.4, 0.5) is 0 Å². The lowest BCUT2D eigenvalue weighted by Gasteiger charge is -2.25. The van der Waals surface area contributed by atoms with Crippen molar-refractivity contribution in [1.82, 2.24) is 0 Å². The van der Waals surface area contributed by atoms with Crippen LogP contribution in [-0.4, -0.2) is 18.3 Å². The molecule has 0 saturated carbocycles. The Hall–Kier alpha value is -1.26. The first-order valence-electron chi connectivity index (χ1n) is 8.94. The lowest BCUT2D eigenvalue weighted by molar-refractivity contribution is -0.164. The molecule has 0 amide bonds. The summed E-state index contributed by atoms with van der Waals surface area (Å²) >= 11 is 0. The zero-order valence-corrected chi connectivity index (χ0v) is 17.4. The van der Waals surface area contributed by atoms with Gasteiger partial charge in [-0.25, -0.2) is 0 Å². The molecule has 0 aromatic heterocycles. The summed E-state index contributed by atoms with van der Waals surface area (Å²) in [5.41, 5.74) is 8.18. The molecule has 2 N–H and O–H groups in total. The van der Waals surface area contributed by atoms with E-state index in [1.165, 1.54) is 0 Å². The SMILES string of the molecule is CCC(C)C(N)C(=O)OC(C)Oc1c(C(C)C)cccc1C(C)C.Cl. The molecule has 0 radical (unpaired) electrons. The Balaban J connectivity index is 0.00000576. The second-order valence-electron chi connectivity index (χ2n) is 7.11. The summed E-state index contributed by atoms with van der Waals surface area (Å²) < 4.78 is 11.5. The first kappa shape index (κ1) is 23.7. The van der Waals surface area contributed by atoms with E-state index in [1.807, 2.05) is 19.9 Å². The highest BCUT2D eigenvalue weighted by molar-refractivity contribution is 5.85. The van der Waals surface area contributed by atoms with Crippen LogP contribution in [0.5, 0.6) is 5.75 Å². The minimum Gasteiger partial charge on any atom is -0.454 e. The van der Waals surface area contributed by atoms with Crippen LogP contribution in [0.3, 0.4) is 0 Å². The average Bonchev–Trinajstić information content (AvgIpc) is 2.52. The van der Waals surface area contributed by atoms with Crippen LogP contribution in [0, 0.1) is 5.92 Å². The van der Waals surface area contributed by atoms with E-state index in [0.717, 1.165) is 23.3 Å². The molecule has 0 fully saturated rings. The van der Waals surface area contributed by atoms with E-state index < -0.39 is 18.3 Å². The molecular weight excluding hydrogens is 338 g/mol. The van der Waals surface area contributed by atoms with Crippen LogP contribution in [0.1, 0.15) is 77.8 Å². The zero-order valence-electron chi connectivity index (χ0n) is 16.5. The molecule has 0 aliphatic carbocycles. The fourth-order valence-electron chi connectivity index (χ4n) is 2.54. The van der Waals surface area contributed by atoms with Crippen LogP contribution in [0.25, 0.3) is 0 Å². The number of ether oxygens (including phenoxy) is 2. The van der Waals surface area contributed by atoms with E-state index in [0.29, 0.717) is 11.8 Å². The molecule has 3 atom stereocenters. The number of hydrogen-bond donors (Lipinski definition) is 1. The smallest absolute Gasteiger partial charge is 0.326 e. The van der Waals surface area contributed by atoms with Gasteiger partial charge >= 0.3 is 5.97 Å². The van der Waals surface area contributed by atoms with E-state index >= 15 is 0 Å². The van der Waals surface area contributed by atoms with E-state index in [1.54, 1.807) is 6.92 Å². The van der Waals surface area contributed by atoms with Crippen molar-refractivity contribution >= 4 is 18.4 Å². The summed E-state index contributed by atoms with van der Waals surface area (Å²) in [6.45, 7) is 14.2. The van der Waals surface area contributed by atoms with Crippen molar-refractivity contribution in [2.75, 3.05) is 0 Å². The average molecular weight is 372 g/mol. The Bertz CT molecular complexity index is 519. The van der Waals surface area contributed by atoms with E-state index in [2.05, 4.69) is 39.8 Å². The number of carbonyl (C=O) groups is 1. The van der Waals surface area contributed by atoms with Gasteiger partial charge in [0.2, 0.25) is 6.29 Å².